The first-order valence-electron chi connectivity index (χ1n) is 5.16. The molecule has 0 bridgehead atoms. The third-order valence-corrected chi connectivity index (χ3v) is 2.99. The van der Waals surface area contributed by atoms with Crippen LogP contribution in [-0.4, -0.2) is 15.9 Å². The van der Waals surface area contributed by atoms with Gasteiger partial charge in [-0.25, -0.2) is 4.39 Å². The van der Waals surface area contributed by atoms with Crippen molar-refractivity contribution < 1.29 is 8.91 Å². The number of anilines is 1. The maximum atomic E-state index is 13.5. The predicted octanol–water partition coefficient (Wildman–Crippen LogP) is 2.71. The molecule has 4 nitrogen and oxygen atoms in total. The van der Waals surface area contributed by atoms with Gasteiger partial charge in [-0.2, -0.15) is 16.7 Å². The molecule has 2 rings (SSSR count). The number of hydrogen-bond acceptors (Lipinski definition) is 5. The maximum Gasteiger partial charge on any atom is 0.261 e. The lowest BCUT2D eigenvalue weighted by Crippen LogP contribution is -1.90. The smallest absolute Gasteiger partial charge is 0.261 e. The van der Waals surface area contributed by atoms with Crippen LogP contribution in [0.4, 0.5) is 10.1 Å². The Morgan fingerprint density at radius 2 is 2.29 bits per heavy atom. The van der Waals surface area contributed by atoms with Crippen LogP contribution in [0.5, 0.6) is 0 Å². The first-order valence-corrected chi connectivity index (χ1v) is 6.32. The maximum absolute atomic E-state index is 13.5. The van der Waals surface area contributed by atoms with E-state index in [1.807, 2.05) is 6.92 Å². The Morgan fingerprint density at radius 3 is 3.06 bits per heavy atom. The molecule has 0 aliphatic carbocycles. The summed E-state index contributed by atoms with van der Waals surface area (Å²) in [7, 11) is 0. The van der Waals surface area contributed by atoms with Gasteiger partial charge in [0.2, 0.25) is 0 Å². The van der Waals surface area contributed by atoms with Gasteiger partial charge in [0.25, 0.3) is 5.89 Å². The summed E-state index contributed by atoms with van der Waals surface area (Å²) >= 11 is 1.67. The molecule has 1 aromatic heterocycles. The van der Waals surface area contributed by atoms with Crippen molar-refractivity contribution in [2.45, 2.75) is 12.7 Å². The molecule has 2 aromatic rings. The van der Waals surface area contributed by atoms with Gasteiger partial charge in [0, 0.05) is 5.69 Å². The lowest BCUT2D eigenvalue weighted by molar-refractivity contribution is 0.423. The number of nitrogens with two attached hydrogens (primary N) is 1. The molecule has 0 spiro atoms. The van der Waals surface area contributed by atoms with Crippen LogP contribution in [0.15, 0.2) is 22.7 Å². The van der Waals surface area contributed by atoms with E-state index < -0.39 is 5.82 Å². The predicted molar refractivity (Wildman–Crippen MR) is 65.9 cm³/mol. The topological polar surface area (TPSA) is 64.9 Å². The van der Waals surface area contributed by atoms with Crippen molar-refractivity contribution in [3.05, 3.63) is 29.8 Å². The summed E-state index contributed by atoms with van der Waals surface area (Å²) in [4.78, 5) is 4.13. The number of thioether (sulfide) groups is 1. The standard InChI is InChI=1S/C11H12FN3OS/c1-2-17-6-10-14-11(16-15-10)8-5-7(13)3-4-9(8)12/h3-5H,2,6,13H2,1H3. The third-order valence-electron chi connectivity index (χ3n) is 2.12. The summed E-state index contributed by atoms with van der Waals surface area (Å²) in [6.07, 6.45) is 0. The molecule has 0 fully saturated rings. The van der Waals surface area contributed by atoms with Crippen LogP contribution in [0.2, 0.25) is 0 Å². The highest BCUT2D eigenvalue weighted by molar-refractivity contribution is 7.98. The van der Waals surface area contributed by atoms with Crippen LogP contribution < -0.4 is 5.73 Å². The number of hydrogen-bond donors (Lipinski definition) is 1. The second-order valence-electron chi connectivity index (χ2n) is 3.39. The van der Waals surface area contributed by atoms with Gasteiger partial charge in [-0.15, -0.1) is 0 Å². The highest BCUT2D eigenvalue weighted by Crippen LogP contribution is 2.24. The molecule has 17 heavy (non-hydrogen) atoms. The molecule has 1 aromatic carbocycles. The minimum Gasteiger partial charge on any atom is -0.399 e. The summed E-state index contributed by atoms with van der Waals surface area (Å²) in [5.74, 6) is 1.94. The summed E-state index contributed by atoms with van der Waals surface area (Å²) < 4.78 is 18.5. The Bertz CT molecular complexity index is 515. The van der Waals surface area contributed by atoms with Crippen molar-refractivity contribution >= 4 is 17.4 Å². The zero-order valence-corrected chi connectivity index (χ0v) is 10.1. The molecule has 90 valence electrons. The number of halogens is 1. The van der Waals surface area contributed by atoms with E-state index in [0.717, 1.165) is 5.75 Å². The van der Waals surface area contributed by atoms with Crippen LogP contribution in [0.1, 0.15) is 12.7 Å². The fourth-order valence-corrected chi connectivity index (χ4v) is 1.83. The average Bonchev–Trinajstić information content (AvgIpc) is 2.78. The first-order chi connectivity index (χ1) is 8.20. The van der Waals surface area contributed by atoms with Crippen LogP contribution in [0, 0.1) is 5.82 Å². The SMILES string of the molecule is CCSCc1noc(-c2cc(N)ccc2F)n1. The number of benzene rings is 1. The van der Waals surface area contributed by atoms with E-state index in [1.165, 1.54) is 18.2 Å². The highest BCUT2D eigenvalue weighted by atomic mass is 32.2. The van der Waals surface area contributed by atoms with Crippen molar-refractivity contribution in [1.29, 1.82) is 0 Å². The Kier molecular flexibility index (Phi) is 3.63. The molecule has 0 aliphatic heterocycles. The Morgan fingerprint density at radius 1 is 1.47 bits per heavy atom. The van der Waals surface area contributed by atoms with Gasteiger partial charge in [-0.3, -0.25) is 0 Å². The van der Waals surface area contributed by atoms with Gasteiger partial charge < -0.3 is 10.3 Å². The molecule has 0 atom stereocenters. The van der Waals surface area contributed by atoms with Crippen LogP contribution in [-0.2, 0) is 5.75 Å². The summed E-state index contributed by atoms with van der Waals surface area (Å²) in [6, 6.07) is 4.26. The lowest BCUT2D eigenvalue weighted by Gasteiger charge is -1.98. The molecule has 0 aliphatic rings. The van der Waals surface area contributed by atoms with Crippen molar-refractivity contribution in [2.75, 3.05) is 11.5 Å². The van der Waals surface area contributed by atoms with E-state index >= 15 is 0 Å². The molecule has 0 radical (unpaired) electrons. The fraction of sp³-hybridized carbons (Fsp3) is 0.273. The largest absolute Gasteiger partial charge is 0.399 e. The zero-order chi connectivity index (χ0) is 12.3. The molecule has 6 heteroatoms. The summed E-state index contributed by atoms with van der Waals surface area (Å²) in [6.45, 7) is 2.04. The van der Waals surface area contributed by atoms with Gasteiger partial charge in [0.15, 0.2) is 5.82 Å². The molecule has 2 N–H and O–H groups in total. The fourth-order valence-electron chi connectivity index (χ4n) is 1.32. The van der Waals surface area contributed by atoms with E-state index in [2.05, 4.69) is 10.1 Å². The average molecular weight is 253 g/mol. The van der Waals surface area contributed by atoms with Crippen molar-refractivity contribution in [2.24, 2.45) is 0 Å². The van der Waals surface area contributed by atoms with E-state index in [-0.39, 0.29) is 11.5 Å². The second kappa shape index (κ2) is 5.18. The summed E-state index contributed by atoms with van der Waals surface area (Å²) in [5.41, 5.74) is 6.29. The number of nitrogen functional groups attached to an aromatic ring is 1. The van der Waals surface area contributed by atoms with Gasteiger partial charge in [-0.05, 0) is 24.0 Å². The van der Waals surface area contributed by atoms with E-state index in [4.69, 9.17) is 10.3 Å². The van der Waals surface area contributed by atoms with Crippen LogP contribution >= 0.6 is 11.8 Å². The zero-order valence-electron chi connectivity index (χ0n) is 9.31. The minimum atomic E-state index is -0.419. The Balaban J connectivity index is 2.27. The third kappa shape index (κ3) is 2.76. The molecular weight excluding hydrogens is 241 g/mol. The molecule has 0 amide bonds. The van der Waals surface area contributed by atoms with Crippen LogP contribution in [0.3, 0.4) is 0 Å². The van der Waals surface area contributed by atoms with Gasteiger partial charge in [0.1, 0.15) is 5.82 Å². The number of rotatable bonds is 4. The quantitative estimate of drug-likeness (QED) is 0.849. The van der Waals surface area contributed by atoms with Gasteiger partial charge in [-0.1, -0.05) is 12.1 Å². The number of aromatic nitrogens is 2. The van der Waals surface area contributed by atoms with Gasteiger partial charge >= 0.3 is 0 Å². The first kappa shape index (κ1) is 11.9. The van der Waals surface area contributed by atoms with E-state index in [0.29, 0.717) is 17.3 Å². The van der Waals surface area contributed by atoms with Crippen molar-refractivity contribution in [3.8, 4) is 11.5 Å². The minimum absolute atomic E-state index is 0.168. The molecule has 1 heterocycles. The molecular formula is C11H12FN3OS. The van der Waals surface area contributed by atoms with E-state index in [9.17, 15) is 4.39 Å². The molecule has 0 unspecified atom stereocenters. The lowest BCUT2D eigenvalue weighted by atomic mass is 10.2. The highest BCUT2D eigenvalue weighted by Gasteiger charge is 2.13. The van der Waals surface area contributed by atoms with E-state index in [1.54, 1.807) is 11.8 Å². The second-order valence-corrected chi connectivity index (χ2v) is 4.67. The van der Waals surface area contributed by atoms with Gasteiger partial charge in [0.05, 0.1) is 11.3 Å². The summed E-state index contributed by atoms with van der Waals surface area (Å²) in [5, 5.41) is 3.79. The molecule has 0 saturated carbocycles. The molecule has 0 saturated heterocycles. The van der Waals surface area contributed by atoms with Crippen molar-refractivity contribution in [3.63, 3.8) is 0 Å². The Hall–Kier alpha value is -1.56. The monoisotopic (exact) mass is 253 g/mol. The normalized spacial score (nSPS) is 10.7. The van der Waals surface area contributed by atoms with Crippen molar-refractivity contribution in [1.82, 2.24) is 10.1 Å². The number of nitrogens with zero attached hydrogens (tertiary/aromatic N) is 2. The van der Waals surface area contributed by atoms with Crippen LogP contribution in [0.25, 0.3) is 11.5 Å². The Labute approximate surface area is 102 Å².